The van der Waals surface area contributed by atoms with E-state index >= 15 is 0 Å². The molecule has 3 aromatic rings. The van der Waals surface area contributed by atoms with Crippen LogP contribution in [0.25, 0.3) is 11.5 Å². The predicted molar refractivity (Wildman–Crippen MR) is 109 cm³/mol. The fraction of sp³-hybridized carbons (Fsp3) is 0.278. The summed E-state index contributed by atoms with van der Waals surface area (Å²) in [5, 5.41) is 12.6. The van der Waals surface area contributed by atoms with Gasteiger partial charge in [0.25, 0.3) is 10.0 Å². The third kappa shape index (κ3) is 4.35. The van der Waals surface area contributed by atoms with Crippen molar-refractivity contribution in [2.45, 2.75) is 17.1 Å². The zero-order valence-electron chi connectivity index (χ0n) is 15.1. The summed E-state index contributed by atoms with van der Waals surface area (Å²) < 4.78 is 32.6. The van der Waals surface area contributed by atoms with E-state index in [9.17, 15) is 13.2 Å². The molecule has 1 amide bonds. The van der Waals surface area contributed by atoms with Crippen molar-refractivity contribution in [3.63, 3.8) is 0 Å². The van der Waals surface area contributed by atoms with Gasteiger partial charge in [0.2, 0.25) is 11.8 Å². The Kier molecular flexibility index (Phi) is 5.68. The van der Waals surface area contributed by atoms with E-state index in [1.54, 1.807) is 41.8 Å². The average molecular weight is 453 g/mol. The Morgan fingerprint density at radius 2 is 2.14 bits per heavy atom. The maximum absolute atomic E-state index is 12.7. The van der Waals surface area contributed by atoms with E-state index in [-0.39, 0.29) is 28.6 Å². The van der Waals surface area contributed by atoms with E-state index in [4.69, 9.17) is 16.0 Å². The van der Waals surface area contributed by atoms with Crippen LogP contribution in [0.4, 0.5) is 6.01 Å². The molecule has 2 aromatic heterocycles. The first-order valence-corrected chi connectivity index (χ1v) is 11.6. The molecule has 1 fully saturated rings. The standard InChI is InChI=1S/C18H17ClN4O4S2/c19-14-6-1-4-12(10-14)17-21-22-18(27-17)20-16(24)13-5-2-8-23(11-13)29(25,26)15-7-3-9-28-15/h1,3-4,6-7,9-10,13H,2,5,8,11H2,(H,20,22,24). The largest absolute Gasteiger partial charge is 0.403 e. The number of rotatable bonds is 5. The lowest BCUT2D eigenvalue weighted by Gasteiger charge is -2.30. The highest BCUT2D eigenvalue weighted by molar-refractivity contribution is 7.91. The number of carbonyl (C=O) groups is 1. The third-order valence-electron chi connectivity index (χ3n) is 4.57. The average Bonchev–Trinajstić information content (AvgIpc) is 3.41. The number of amides is 1. The molecule has 11 heteroatoms. The smallest absolute Gasteiger partial charge is 0.322 e. The maximum atomic E-state index is 12.7. The van der Waals surface area contributed by atoms with Crippen molar-refractivity contribution in [3.8, 4) is 11.5 Å². The van der Waals surface area contributed by atoms with Gasteiger partial charge < -0.3 is 4.42 Å². The molecule has 29 heavy (non-hydrogen) atoms. The van der Waals surface area contributed by atoms with Crippen LogP contribution in [0.1, 0.15) is 12.8 Å². The highest BCUT2D eigenvalue weighted by Crippen LogP contribution is 2.27. The highest BCUT2D eigenvalue weighted by Gasteiger charge is 2.34. The second-order valence-electron chi connectivity index (χ2n) is 6.55. The molecule has 0 saturated carbocycles. The number of anilines is 1. The number of piperidine rings is 1. The van der Waals surface area contributed by atoms with E-state index < -0.39 is 15.9 Å². The number of carbonyl (C=O) groups excluding carboxylic acids is 1. The van der Waals surface area contributed by atoms with Gasteiger partial charge >= 0.3 is 6.01 Å². The summed E-state index contributed by atoms with van der Waals surface area (Å²) >= 11 is 7.13. The molecule has 8 nitrogen and oxygen atoms in total. The minimum atomic E-state index is -3.59. The van der Waals surface area contributed by atoms with Crippen LogP contribution >= 0.6 is 22.9 Å². The molecule has 152 valence electrons. The lowest BCUT2D eigenvalue weighted by atomic mass is 9.99. The Hall–Kier alpha value is -2.27. The number of sulfonamides is 1. The molecular formula is C18H17ClN4O4S2. The summed E-state index contributed by atoms with van der Waals surface area (Å²) in [5.41, 5.74) is 0.636. The number of nitrogens with zero attached hydrogens (tertiary/aromatic N) is 3. The Bertz CT molecular complexity index is 1110. The van der Waals surface area contributed by atoms with E-state index in [2.05, 4.69) is 15.5 Å². The summed E-state index contributed by atoms with van der Waals surface area (Å²) in [5.74, 6) is -0.620. The van der Waals surface area contributed by atoms with Gasteiger partial charge in [0.1, 0.15) is 4.21 Å². The first-order valence-electron chi connectivity index (χ1n) is 8.87. The SMILES string of the molecule is O=C(Nc1nnc(-c2cccc(Cl)c2)o1)C1CCCN(S(=O)(=O)c2cccs2)C1. The number of thiophene rings is 1. The Balaban J connectivity index is 1.44. The first-order chi connectivity index (χ1) is 13.9. The van der Waals surface area contributed by atoms with E-state index in [1.807, 2.05) is 0 Å². The molecule has 4 rings (SSSR count). The van der Waals surface area contributed by atoms with Crippen LogP contribution in [0, 0.1) is 5.92 Å². The van der Waals surface area contributed by atoms with Crippen LogP contribution in [-0.4, -0.2) is 41.9 Å². The number of benzene rings is 1. The number of aromatic nitrogens is 2. The van der Waals surface area contributed by atoms with Gasteiger partial charge in [-0.1, -0.05) is 28.8 Å². The van der Waals surface area contributed by atoms with Gasteiger partial charge in [-0.05, 0) is 42.5 Å². The van der Waals surface area contributed by atoms with Crippen LogP contribution in [0.5, 0.6) is 0 Å². The number of hydrogen-bond acceptors (Lipinski definition) is 7. The van der Waals surface area contributed by atoms with Crippen molar-refractivity contribution >= 4 is 44.9 Å². The molecular weight excluding hydrogens is 436 g/mol. The molecule has 3 heterocycles. The van der Waals surface area contributed by atoms with Crippen molar-refractivity contribution < 1.29 is 17.6 Å². The highest BCUT2D eigenvalue weighted by atomic mass is 35.5. The lowest BCUT2D eigenvalue weighted by Crippen LogP contribution is -2.43. The van der Waals surface area contributed by atoms with Gasteiger partial charge in [-0.25, -0.2) is 8.42 Å². The van der Waals surface area contributed by atoms with E-state index in [0.717, 1.165) is 11.3 Å². The zero-order valence-corrected chi connectivity index (χ0v) is 17.5. The molecule has 0 spiro atoms. The van der Waals surface area contributed by atoms with Crippen LogP contribution < -0.4 is 5.32 Å². The number of nitrogens with one attached hydrogen (secondary N) is 1. The summed E-state index contributed by atoms with van der Waals surface area (Å²) in [6, 6.07) is 10.1. The summed E-state index contributed by atoms with van der Waals surface area (Å²) in [6.07, 6.45) is 1.18. The van der Waals surface area contributed by atoms with Crippen LogP contribution in [0.2, 0.25) is 5.02 Å². The van der Waals surface area contributed by atoms with Crippen LogP contribution in [0.15, 0.2) is 50.4 Å². The monoisotopic (exact) mass is 452 g/mol. The zero-order chi connectivity index (χ0) is 20.4. The molecule has 1 N–H and O–H groups in total. The third-order valence-corrected chi connectivity index (χ3v) is 8.04. The van der Waals surface area contributed by atoms with Crippen molar-refractivity contribution in [1.29, 1.82) is 0 Å². The topological polar surface area (TPSA) is 105 Å². The molecule has 1 unspecified atom stereocenters. The van der Waals surface area contributed by atoms with Crippen molar-refractivity contribution in [2.24, 2.45) is 5.92 Å². The second-order valence-corrected chi connectivity index (χ2v) is 10.1. The molecule has 0 aliphatic carbocycles. The fourth-order valence-electron chi connectivity index (χ4n) is 3.13. The number of hydrogen-bond donors (Lipinski definition) is 1. The van der Waals surface area contributed by atoms with E-state index in [1.165, 1.54) is 4.31 Å². The summed E-state index contributed by atoms with van der Waals surface area (Å²) in [4.78, 5) is 12.6. The minimum absolute atomic E-state index is 0.0387. The van der Waals surface area contributed by atoms with Crippen molar-refractivity contribution in [1.82, 2.24) is 14.5 Å². The Labute approximate surface area is 176 Å². The first kappa shape index (κ1) is 20.0. The van der Waals surface area contributed by atoms with Gasteiger partial charge in [-0.3, -0.25) is 10.1 Å². The normalized spacial score (nSPS) is 17.9. The predicted octanol–water partition coefficient (Wildman–Crippen LogP) is 3.49. The molecule has 1 atom stereocenters. The minimum Gasteiger partial charge on any atom is -0.403 e. The fourth-order valence-corrected chi connectivity index (χ4v) is 5.99. The second kappa shape index (κ2) is 8.23. The van der Waals surface area contributed by atoms with Gasteiger partial charge in [-0.2, -0.15) is 4.31 Å². The summed E-state index contributed by atoms with van der Waals surface area (Å²) in [7, 11) is -3.59. The van der Waals surface area contributed by atoms with Gasteiger partial charge in [0.15, 0.2) is 0 Å². The van der Waals surface area contributed by atoms with Crippen molar-refractivity contribution in [3.05, 3.63) is 46.8 Å². The van der Waals surface area contributed by atoms with Crippen molar-refractivity contribution in [2.75, 3.05) is 18.4 Å². The number of halogens is 1. The molecule has 1 saturated heterocycles. The van der Waals surface area contributed by atoms with Crippen LogP contribution in [-0.2, 0) is 14.8 Å². The Morgan fingerprint density at radius 1 is 1.28 bits per heavy atom. The Morgan fingerprint density at radius 3 is 2.90 bits per heavy atom. The molecule has 0 bridgehead atoms. The molecule has 0 radical (unpaired) electrons. The lowest BCUT2D eigenvalue weighted by molar-refractivity contribution is -0.121. The van der Waals surface area contributed by atoms with Gasteiger partial charge in [-0.15, -0.1) is 16.4 Å². The molecule has 1 aromatic carbocycles. The summed E-state index contributed by atoms with van der Waals surface area (Å²) in [6.45, 7) is 0.505. The van der Waals surface area contributed by atoms with Gasteiger partial charge in [0.05, 0.1) is 5.92 Å². The van der Waals surface area contributed by atoms with Crippen LogP contribution in [0.3, 0.4) is 0 Å². The molecule has 1 aliphatic rings. The maximum Gasteiger partial charge on any atom is 0.322 e. The quantitative estimate of drug-likeness (QED) is 0.635. The van der Waals surface area contributed by atoms with E-state index in [0.29, 0.717) is 30.0 Å². The van der Waals surface area contributed by atoms with Gasteiger partial charge in [0, 0.05) is 23.7 Å². The molecule has 1 aliphatic heterocycles.